The van der Waals surface area contributed by atoms with E-state index in [1.54, 1.807) is 6.92 Å². The van der Waals surface area contributed by atoms with Crippen LogP contribution in [0, 0.1) is 11.3 Å². The van der Waals surface area contributed by atoms with Gasteiger partial charge in [0.25, 0.3) is 5.60 Å². The maximum Gasteiger partial charge on any atom is 0.353 e. The number of ether oxygens (including phenoxy) is 2. The Kier molecular flexibility index (Phi) is 2.69. The van der Waals surface area contributed by atoms with Gasteiger partial charge in [0.2, 0.25) is 0 Å². The highest BCUT2D eigenvalue weighted by atomic mass is 16.6. The summed E-state index contributed by atoms with van der Waals surface area (Å²) >= 11 is 0. The number of carbonyl (C=O) groups is 1. The van der Waals surface area contributed by atoms with E-state index in [4.69, 9.17) is 14.7 Å². The zero-order chi connectivity index (χ0) is 9.90. The second kappa shape index (κ2) is 3.58. The third kappa shape index (κ3) is 1.70. The van der Waals surface area contributed by atoms with Crippen molar-refractivity contribution in [1.82, 2.24) is 0 Å². The van der Waals surface area contributed by atoms with Gasteiger partial charge < -0.3 is 9.47 Å². The van der Waals surface area contributed by atoms with Crippen LogP contribution in [0.25, 0.3) is 0 Å². The predicted octanol–water partition coefficient (Wildman–Crippen LogP) is 0.788. The Balaban J connectivity index is 2.78. The monoisotopic (exact) mass is 181 g/mol. The second-order valence-corrected chi connectivity index (χ2v) is 2.87. The first kappa shape index (κ1) is 9.75. The molecule has 0 N–H and O–H groups in total. The molecule has 70 valence electrons. The summed E-state index contributed by atoms with van der Waals surface area (Å²) < 4.78 is 9.82. The molecule has 0 amide bonds. The van der Waals surface area contributed by atoms with Crippen molar-refractivity contribution in [2.45, 2.75) is 18.9 Å². The van der Waals surface area contributed by atoms with E-state index >= 15 is 0 Å². The fraction of sp³-hybridized carbons (Fsp3) is 0.556. The van der Waals surface area contributed by atoms with Gasteiger partial charge in [-0.3, -0.25) is 0 Å². The first-order valence-electron chi connectivity index (χ1n) is 4.03. The van der Waals surface area contributed by atoms with Crippen molar-refractivity contribution < 1.29 is 14.3 Å². The first-order chi connectivity index (χ1) is 6.14. The molecule has 1 aliphatic heterocycles. The van der Waals surface area contributed by atoms with E-state index in [0.29, 0.717) is 0 Å². The Morgan fingerprint density at radius 2 is 2.62 bits per heavy atom. The molecule has 0 saturated carbocycles. The minimum atomic E-state index is -1.44. The Hall–Kier alpha value is -1.34. The number of hydrogen-bond donors (Lipinski definition) is 0. The van der Waals surface area contributed by atoms with Crippen molar-refractivity contribution >= 4 is 5.97 Å². The number of nitrogens with zero attached hydrogens (tertiary/aromatic N) is 1. The fourth-order valence-corrected chi connectivity index (χ4v) is 1.18. The van der Waals surface area contributed by atoms with Crippen LogP contribution in [0.2, 0.25) is 0 Å². The molecule has 1 aliphatic rings. The Morgan fingerprint density at radius 1 is 1.92 bits per heavy atom. The van der Waals surface area contributed by atoms with Crippen molar-refractivity contribution in [3.63, 3.8) is 0 Å². The van der Waals surface area contributed by atoms with E-state index in [1.165, 1.54) is 0 Å². The molecule has 1 heterocycles. The summed E-state index contributed by atoms with van der Waals surface area (Å²) in [6.45, 7) is 5.85. The van der Waals surface area contributed by atoms with Crippen LogP contribution >= 0.6 is 0 Å². The summed E-state index contributed by atoms with van der Waals surface area (Å²) in [5, 5.41) is 8.81. The maximum absolute atomic E-state index is 11.3. The molecule has 0 aromatic rings. The zero-order valence-electron chi connectivity index (χ0n) is 7.50. The molecule has 0 bridgehead atoms. The molecule has 0 aliphatic carbocycles. The number of carbonyl (C=O) groups excluding carboxylic acids is 1. The van der Waals surface area contributed by atoms with E-state index in [1.807, 2.05) is 6.07 Å². The normalized spacial score (nSPS) is 26.9. The highest BCUT2D eigenvalue weighted by Crippen LogP contribution is 2.29. The number of rotatable bonds is 2. The Morgan fingerprint density at radius 3 is 3.00 bits per heavy atom. The van der Waals surface area contributed by atoms with Crippen molar-refractivity contribution in [2.24, 2.45) is 0 Å². The van der Waals surface area contributed by atoms with Crippen LogP contribution in [-0.4, -0.2) is 24.8 Å². The Labute approximate surface area is 76.7 Å². The van der Waals surface area contributed by atoms with Crippen LogP contribution in [0.15, 0.2) is 12.2 Å². The summed E-state index contributed by atoms with van der Waals surface area (Å²) in [7, 11) is 0. The highest BCUT2D eigenvalue weighted by molar-refractivity contribution is 5.84. The predicted molar refractivity (Wildman–Crippen MR) is 44.7 cm³/mol. The molecule has 1 atom stereocenters. The quantitative estimate of drug-likeness (QED) is 0.466. The minimum Gasteiger partial charge on any atom is -0.463 e. The third-order valence-corrected chi connectivity index (χ3v) is 1.81. The largest absolute Gasteiger partial charge is 0.463 e. The number of esters is 1. The zero-order valence-corrected chi connectivity index (χ0v) is 7.50. The molecule has 0 aromatic carbocycles. The van der Waals surface area contributed by atoms with Gasteiger partial charge in [-0.05, 0) is 12.5 Å². The molecule has 0 spiro atoms. The number of hydrogen-bond acceptors (Lipinski definition) is 4. The molecule has 4 nitrogen and oxygen atoms in total. The summed E-state index contributed by atoms with van der Waals surface area (Å²) in [5.41, 5.74) is -0.692. The average Bonchev–Trinajstić information content (AvgIpc) is 2.49. The topological polar surface area (TPSA) is 59.3 Å². The van der Waals surface area contributed by atoms with Gasteiger partial charge in [-0.15, -0.1) is 0 Å². The number of nitriles is 1. The molecule has 4 heteroatoms. The molecule has 0 aromatic heterocycles. The first-order valence-corrected chi connectivity index (χ1v) is 4.03. The van der Waals surface area contributed by atoms with E-state index in [9.17, 15) is 4.79 Å². The summed E-state index contributed by atoms with van der Waals surface area (Å²) in [4.78, 5) is 11.3. The summed E-state index contributed by atoms with van der Waals surface area (Å²) in [6.07, 6.45) is 0.238. The van der Waals surface area contributed by atoms with Gasteiger partial charge in [-0.1, -0.05) is 6.58 Å². The maximum atomic E-state index is 11.3. The standard InChI is InChI=1S/C9H11NO3/c1-3-12-8(11)9(6-10)4-7(2)5-13-9/h2-5H2,1H3. The lowest BCUT2D eigenvalue weighted by atomic mass is 10.0. The molecule has 0 radical (unpaired) electrons. The molecule has 1 saturated heterocycles. The van der Waals surface area contributed by atoms with Gasteiger partial charge in [-0.25, -0.2) is 4.79 Å². The lowest BCUT2D eigenvalue weighted by molar-refractivity contribution is -0.160. The molecule has 1 rings (SSSR count). The van der Waals surface area contributed by atoms with Crippen molar-refractivity contribution in [1.29, 1.82) is 5.26 Å². The van der Waals surface area contributed by atoms with Gasteiger partial charge in [0.15, 0.2) is 0 Å². The molecular formula is C9H11NO3. The van der Waals surface area contributed by atoms with Gasteiger partial charge >= 0.3 is 5.97 Å². The average molecular weight is 181 g/mol. The van der Waals surface area contributed by atoms with E-state index in [-0.39, 0.29) is 19.6 Å². The third-order valence-electron chi connectivity index (χ3n) is 1.81. The highest BCUT2D eigenvalue weighted by Gasteiger charge is 2.46. The lowest BCUT2D eigenvalue weighted by Crippen LogP contribution is -2.37. The van der Waals surface area contributed by atoms with Crippen LogP contribution in [-0.2, 0) is 14.3 Å². The van der Waals surface area contributed by atoms with Gasteiger partial charge in [0, 0.05) is 6.42 Å². The SMILES string of the molecule is C=C1COC(C#N)(C(=O)OCC)C1. The summed E-state index contributed by atoms with van der Waals surface area (Å²) in [6, 6.07) is 1.83. The molecule has 13 heavy (non-hydrogen) atoms. The van der Waals surface area contributed by atoms with Gasteiger partial charge in [0.05, 0.1) is 13.2 Å². The van der Waals surface area contributed by atoms with E-state index in [0.717, 1.165) is 5.57 Å². The minimum absolute atomic E-state index is 0.238. The van der Waals surface area contributed by atoms with Crippen LogP contribution in [0.3, 0.4) is 0 Å². The van der Waals surface area contributed by atoms with E-state index < -0.39 is 11.6 Å². The van der Waals surface area contributed by atoms with Gasteiger partial charge in [-0.2, -0.15) is 5.26 Å². The molecular weight excluding hydrogens is 170 g/mol. The molecule has 1 unspecified atom stereocenters. The summed E-state index contributed by atoms with van der Waals surface area (Å²) in [5.74, 6) is -0.615. The van der Waals surface area contributed by atoms with Crippen molar-refractivity contribution in [2.75, 3.05) is 13.2 Å². The fourth-order valence-electron chi connectivity index (χ4n) is 1.18. The van der Waals surface area contributed by atoms with Crippen LogP contribution < -0.4 is 0 Å². The second-order valence-electron chi connectivity index (χ2n) is 2.87. The Bertz CT molecular complexity index is 279. The van der Waals surface area contributed by atoms with E-state index in [2.05, 4.69) is 6.58 Å². The van der Waals surface area contributed by atoms with Crippen LogP contribution in [0.1, 0.15) is 13.3 Å². The van der Waals surface area contributed by atoms with Crippen LogP contribution in [0.4, 0.5) is 0 Å². The van der Waals surface area contributed by atoms with Crippen molar-refractivity contribution in [3.8, 4) is 6.07 Å². The lowest BCUT2D eigenvalue weighted by Gasteiger charge is -2.16. The van der Waals surface area contributed by atoms with Gasteiger partial charge in [0.1, 0.15) is 6.07 Å². The van der Waals surface area contributed by atoms with Crippen LogP contribution in [0.5, 0.6) is 0 Å². The molecule has 1 fully saturated rings. The van der Waals surface area contributed by atoms with Crippen molar-refractivity contribution in [3.05, 3.63) is 12.2 Å². The smallest absolute Gasteiger partial charge is 0.353 e.